The van der Waals surface area contributed by atoms with Gasteiger partial charge in [-0.25, -0.2) is 0 Å². The van der Waals surface area contributed by atoms with Crippen LogP contribution in [0.2, 0.25) is 0 Å². The normalized spacial score (nSPS) is 13.2. The van der Waals surface area contributed by atoms with Crippen molar-refractivity contribution < 1.29 is 9.59 Å². The fourth-order valence-electron chi connectivity index (χ4n) is 2.27. The van der Waals surface area contributed by atoms with Crippen molar-refractivity contribution in [1.82, 2.24) is 0 Å². The van der Waals surface area contributed by atoms with E-state index in [1.54, 1.807) is 30.3 Å². The molecule has 2 aromatic rings. The first-order valence-electron chi connectivity index (χ1n) is 5.51. The Balaban J connectivity index is 2.43. The molecule has 0 fully saturated rings. The zero-order valence-electron chi connectivity index (χ0n) is 9.61. The molecule has 94 valence electrons. The number of fused-ring (bicyclic) bond motifs is 2. The van der Waals surface area contributed by atoms with Gasteiger partial charge < -0.3 is 5.73 Å². The second-order valence-electron chi connectivity index (χ2n) is 4.25. The summed E-state index contributed by atoms with van der Waals surface area (Å²) >= 11 is 7.56. The maximum Gasteiger partial charge on any atom is 0.196 e. The van der Waals surface area contributed by atoms with Gasteiger partial charge in [-0.05, 0) is 22.0 Å². The van der Waals surface area contributed by atoms with Crippen molar-refractivity contribution in [3.8, 4) is 0 Å². The van der Waals surface area contributed by atoms with Gasteiger partial charge >= 0.3 is 0 Å². The van der Waals surface area contributed by atoms with Crippen molar-refractivity contribution in [2.75, 3.05) is 5.73 Å². The number of nitrogens with two attached hydrogens (primary N) is 1. The topological polar surface area (TPSA) is 60.2 Å². The molecule has 0 spiro atoms. The molecule has 0 heterocycles. The SMILES string of the molecule is Nc1c(Br)cc(S)c2c1C(=O)c1ccccc1C2=O. The van der Waals surface area contributed by atoms with Crippen LogP contribution < -0.4 is 5.73 Å². The molecule has 0 saturated heterocycles. The van der Waals surface area contributed by atoms with Crippen LogP contribution in [0.5, 0.6) is 0 Å². The minimum atomic E-state index is -0.237. The predicted molar refractivity (Wildman–Crippen MR) is 79.1 cm³/mol. The summed E-state index contributed by atoms with van der Waals surface area (Å²) in [5, 5.41) is 0. The third-order valence-corrected chi connectivity index (χ3v) is 4.18. The van der Waals surface area contributed by atoms with E-state index in [-0.39, 0.29) is 28.4 Å². The second-order valence-corrected chi connectivity index (χ2v) is 5.58. The first-order valence-corrected chi connectivity index (χ1v) is 6.75. The molecule has 0 radical (unpaired) electrons. The number of rotatable bonds is 0. The van der Waals surface area contributed by atoms with E-state index < -0.39 is 0 Å². The number of carbonyl (C=O) groups excluding carboxylic acids is 2. The number of hydrogen-bond donors (Lipinski definition) is 2. The van der Waals surface area contributed by atoms with Crippen LogP contribution in [0.4, 0.5) is 5.69 Å². The molecule has 0 amide bonds. The molecule has 1 aliphatic rings. The van der Waals surface area contributed by atoms with E-state index in [4.69, 9.17) is 5.73 Å². The highest BCUT2D eigenvalue weighted by atomic mass is 79.9. The molecule has 1 aliphatic carbocycles. The lowest BCUT2D eigenvalue weighted by molar-refractivity contribution is 0.0977. The summed E-state index contributed by atoms with van der Waals surface area (Å²) in [6.45, 7) is 0. The Morgan fingerprint density at radius 3 is 2.11 bits per heavy atom. The molecule has 0 aliphatic heterocycles. The minimum Gasteiger partial charge on any atom is -0.397 e. The lowest BCUT2D eigenvalue weighted by atomic mass is 9.83. The van der Waals surface area contributed by atoms with E-state index in [0.717, 1.165) is 0 Å². The van der Waals surface area contributed by atoms with E-state index in [1.165, 1.54) is 0 Å². The number of hydrogen-bond acceptors (Lipinski definition) is 4. The Kier molecular flexibility index (Phi) is 2.76. The van der Waals surface area contributed by atoms with Crippen LogP contribution in [0, 0.1) is 0 Å². The van der Waals surface area contributed by atoms with Crippen LogP contribution in [-0.2, 0) is 0 Å². The Morgan fingerprint density at radius 2 is 1.53 bits per heavy atom. The zero-order valence-corrected chi connectivity index (χ0v) is 12.1. The van der Waals surface area contributed by atoms with Crippen LogP contribution >= 0.6 is 28.6 Å². The average Bonchev–Trinajstić information content (AvgIpc) is 2.40. The van der Waals surface area contributed by atoms with Crippen molar-refractivity contribution in [3.05, 3.63) is 57.1 Å². The summed E-state index contributed by atoms with van der Waals surface area (Å²) in [5.74, 6) is -0.450. The Morgan fingerprint density at radius 1 is 1.00 bits per heavy atom. The lowest BCUT2D eigenvalue weighted by Gasteiger charge is -2.20. The molecule has 0 aromatic heterocycles. The summed E-state index contributed by atoms with van der Waals surface area (Å²) in [4.78, 5) is 25.4. The quantitative estimate of drug-likeness (QED) is 0.491. The molecule has 0 unspecified atom stereocenters. The minimum absolute atomic E-state index is 0.214. The molecule has 5 heteroatoms. The van der Waals surface area contributed by atoms with Crippen molar-refractivity contribution in [1.29, 1.82) is 0 Å². The average molecular weight is 334 g/mol. The molecule has 0 bridgehead atoms. The van der Waals surface area contributed by atoms with Gasteiger partial charge in [0.25, 0.3) is 0 Å². The molecule has 19 heavy (non-hydrogen) atoms. The van der Waals surface area contributed by atoms with Gasteiger partial charge in [-0.15, -0.1) is 12.6 Å². The molecular weight excluding hydrogens is 326 g/mol. The van der Waals surface area contributed by atoms with Crippen LogP contribution in [-0.4, -0.2) is 11.6 Å². The number of ketones is 2. The van der Waals surface area contributed by atoms with Gasteiger partial charge in [-0.3, -0.25) is 9.59 Å². The van der Waals surface area contributed by atoms with Gasteiger partial charge in [0, 0.05) is 26.1 Å². The summed E-state index contributed by atoms with van der Waals surface area (Å²) in [5.41, 5.74) is 7.52. The molecule has 0 atom stereocenters. The van der Waals surface area contributed by atoms with Crippen molar-refractivity contribution in [3.63, 3.8) is 0 Å². The maximum atomic E-state index is 12.5. The second kappa shape index (κ2) is 4.21. The fourth-order valence-corrected chi connectivity index (χ4v) is 3.21. The third kappa shape index (κ3) is 1.65. The standard InChI is InChI=1S/C14H8BrNO2S/c15-8-5-9(19)10-11(12(8)16)14(18)7-4-2-1-3-6(7)13(10)17/h1-5,19H,16H2. The monoisotopic (exact) mass is 333 g/mol. The first-order chi connectivity index (χ1) is 9.02. The lowest BCUT2D eigenvalue weighted by Crippen LogP contribution is -2.23. The van der Waals surface area contributed by atoms with Gasteiger partial charge in [0.1, 0.15) is 0 Å². The summed E-state index contributed by atoms with van der Waals surface area (Å²) in [6, 6.07) is 8.37. The molecule has 3 rings (SSSR count). The van der Waals surface area contributed by atoms with Crippen LogP contribution in [0.1, 0.15) is 31.8 Å². The number of anilines is 1. The van der Waals surface area contributed by atoms with E-state index in [1.807, 2.05) is 0 Å². The number of benzene rings is 2. The summed E-state index contributed by atoms with van der Waals surface area (Å²) < 4.78 is 0.566. The van der Waals surface area contributed by atoms with Crippen LogP contribution in [0.25, 0.3) is 0 Å². The molecule has 3 nitrogen and oxygen atoms in total. The molecule has 2 aromatic carbocycles. The molecule has 0 saturated carbocycles. The number of thiol groups is 1. The predicted octanol–water partition coefficient (Wildman–Crippen LogP) is 3.10. The van der Waals surface area contributed by atoms with E-state index in [9.17, 15) is 9.59 Å². The Bertz CT molecular complexity index is 755. The van der Waals surface area contributed by atoms with Crippen molar-refractivity contribution in [2.45, 2.75) is 4.90 Å². The van der Waals surface area contributed by atoms with Gasteiger partial charge in [-0.2, -0.15) is 0 Å². The Hall–Kier alpha value is -1.59. The van der Waals surface area contributed by atoms with Gasteiger partial charge in [0.05, 0.1) is 11.3 Å². The highest BCUT2D eigenvalue weighted by molar-refractivity contribution is 9.10. The maximum absolute atomic E-state index is 12.5. The van der Waals surface area contributed by atoms with Gasteiger partial charge in [0.2, 0.25) is 0 Å². The summed E-state index contributed by atoms with van der Waals surface area (Å²) in [7, 11) is 0. The number of halogens is 1. The first kappa shape index (κ1) is 12.4. The van der Waals surface area contributed by atoms with Gasteiger partial charge in [0.15, 0.2) is 11.6 Å². The number of nitrogen functional groups attached to an aromatic ring is 1. The fraction of sp³-hybridized carbons (Fsp3) is 0. The highest BCUT2D eigenvalue weighted by Gasteiger charge is 2.33. The van der Waals surface area contributed by atoms with Crippen molar-refractivity contribution >= 4 is 45.8 Å². The third-order valence-electron chi connectivity index (χ3n) is 3.17. The van der Waals surface area contributed by atoms with Crippen LogP contribution in [0.15, 0.2) is 39.7 Å². The Labute approximate surface area is 123 Å². The molecule has 2 N–H and O–H groups in total. The van der Waals surface area contributed by atoms with E-state index >= 15 is 0 Å². The van der Waals surface area contributed by atoms with Gasteiger partial charge in [-0.1, -0.05) is 24.3 Å². The highest BCUT2D eigenvalue weighted by Crippen LogP contribution is 2.38. The zero-order chi connectivity index (χ0) is 13.7. The largest absolute Gasteiger partial charge is 0.397 e. The number of carbonyl (C=O) groups is 2. The smallest absolute Gasteiger partial charge is 0.196 e. The molecular formula is C14H8BrNO2S. The van der Waals surface area contributed by atoms with E-state index in [0.29, 0.717) is 20.5 Å². The van der Waals surface area contributed by atoms with E-state index in [2.05, 4.69) is 28.6 Å². The summed E-state index contributed by atoms with van der Waals surface area (Å²) in [6.07, 6.45) is 0. The van der Waals surface area contributed by atoms with Crippen molar-refractivity contribution in [2.24, 2.45) is 0 Å². The van der Waals surface area contributed by atoms with Crippen LogP contribution in [0.3, 0.4) is 0 Å².